The normalized spacial score (nSPS) is 12.5. The van der Waals surface area contributed by atoms with Gasteiger partial charge in [-0.1, -0.05) is 15.9 Å². The van der Waals surface area contributed by atoms with Crippen LogP contribution >= 0.6 is 15.9 Å². The van der Waals surface area contributed by atoms with Gasteiger partial charge < -0.3 is 9.15 Å². The van der Waals surface area contributed by atoms with Crippen LogP contribution in [0.5, 0.6) is 5.75 Å². The van der Waals surface area contributed by atoms with Crippen molar-refractivity contribution in [2.45, 2.75) is 18.7 Å². The molecular weight excluding hydrogens is 318 g/mol. The van der Waals surface area contributed by atoms with Gasteiger partial charge in [0.05, 0.1) is 11.9 Å². The summed E-state index contributed by atoms with van der Waals surface area (Å²) in [5, 5.41) is 0. The fraction of sp³-hybridized carbons (Fsp3) is 0.286. The molecule has 1 aromatic carbocycles. The van der Waals surface area contributed by atoms with Gasteiger partial charge in [-0.3, -0.25) is 0 Å². The highest BCUT2D eigenvalue weighted by Crippen LogP contribution is 2.38. The topological polar surface area (TPSA) is 22.4 Å². The van der Waals surface area contributed by atoms with Crippen molar-refractivity contribution in [3.05, 3.63) is 52.5 Å². The van der Waals surface area contributed by atoms with Crippen LogP contribution in [-0.2, 0) is 0 Å². The van der Waals surface area contributed by atoms with Gasteiger partial charge in [-0.15, -0.1) is 0 Å². The predicted molar refractivity (Wildman–Crippen MR) is 71.9 cm³/mol. The molecule has 2 rings (SSSR count). The average molecular weight is 331 g/mol. The van der Waals surface area contributed by atoms with E-state index in [0.29, 0.717) is 17.1 Å². The lowest BCUT2D eigenvalue weighted by atomic mass is 10.0. The van der Waals surface area contributed by atoms with Crippen molar-refractivity contribution in [1.29, 1.82) is 0 Å². The number of methoxy groups -OCH3 is 1. The van der Waals surface area contributed by atoms with Crippen LogP contribution in [0.3, 0.4) is 0 Å². The lowest BCUT2D eigenvalue weighted by molar-refractivity contribution is 0.405. The molecule has 0 aliphatic carbocycles. The van der Waals surface area contributed by atoms with Crippen molar-refractivity contribution in [1.82, 2.24) is 0 Å². The van der Waals surface area contributed by atoms with E-state index in [1.54, 1.807) is 19.9 Å². The summed E-state index contributed by atoms with van der Waals surface area (Å²) in [4.78, 5) is -0.601. The maximum atomic E-state index is 14.0. The standard InChI is InChI=1S/C14H13BrF2O2/c1-7-4-10(8(2)19-7)14(15)13-11(16)5-9(18-3)6-12(13)17/h4-6,14H,1-3H3. The number of hydrogen-bond acceptors (Lipinski definition) is 2. The maximum Gasteiger partial charge on any atom is 0.134 e. The zero-order valence-corrected chi connectivity index (χ0v) is 12.3. The first-order valence-corrected chi connectivity index (χ1v) is 6.59. The van der Waals surface area contributed by atoms with E-state index in [0.717, 1.165) is 12.1 Å². The molecule has 0 radical (unpaired) electrons. The number of furan rings is 1. The van der Waals surface area contributed by atoms with Gasteiger partial charge in [0, 0.05) is 23.3 Å². The first kappa shape index (κ1) is 14.1. The van der Waals surface area contributed by atoms with Gasteiger partial charge in [-0.2, -0.15) is 0 Å². The van der Waals surface area contributed by atoms with Crippen LogP contribution in [0.2, 0.25) is 0 Å². The van der Waals surface area contributed by atoms with E-state index >= 15 is 0 Å². The van der Waals surface area contributed by atoms with E-state index < -0.39 is 16.5 Å². The molecule has 2 nitrogen and oxygen atoms in total. The Hall–Kier alpha value is -1.36. The van der Waals surface area contributed by atoms with Gasteiger partial charge in [0.25, 0.3) is 0 Å². The van der Waals surface area contributed by atoms with Crippen LogP contribution in [0.25, 0.3) is 0 Å². The van der Waals surface area contributed by atoms with Gasteiger partial charge in [-0.25, -0.2) is 8.78 Å². The Morgan fingerprint density at radius 2 is 1.74 bits per heavy atom. The van der Waals surface area contributed by atoms with Gasteiger partial charge in [0.2, 0.25) is 0 Å². The molecule has 0 aliphatic heterocycles. The minimum Gasteiger partial charge on any atom is -0.497 e. The predicted octanol–water partition coefficient (Wildman–Crippen LogP) is 4.67. The number of ether oxygens (including phenoxy) is 1. The average Bonchev–Trinajstić information content (AvgIpc) is 2.67. The molecule has 0 saturated heterocycles. The molecule has 0 amide bonds. The Morgan fingerprint density at radius 3 is 2.16 bits per heavy atom. The first-order valence-electron chi connectivity index (χ1n) is 5.68. The van der Waals surface area contributed by atoms with Crippen LogP contribution < -0.4 is 4.74 Å². The Morgan fingerprint density at radius 1 is 1.16 bits per heavy atom. The van der Waals surface area contributed by atoms with E-state index in [4.69, 9.17) is 9.15 Å². The number of halogens is 3. The summed E-state index contributed by atoms with van der Waals surface area (Å²) in [5.74, 6) is 0.174. The molecular formula is C14H13BrF2O2. The largest absolute Gasteiger partial charge is 0.497 e. The second-order valence-electron chi connectivity index (χ2n) is 4.24. The fourth-order valence-corrected chi connectivity index (χ4v) is 2.87. The molecule has 19 heavy (non-hydrogen) atoms. The SMILES string of the molecule is COc1cc(F)c(C(Br)c2cc(C)oc2C)c(F)c1. The van der Waals surface area contributed by atoms with E-state index in [-0.39, 0.29) is 11.3 Å². The maximum absolute atomic E-state index is 14.0. The number of aryl methyl sites for hydroxylation is 2. The Labute approximate surface area is 118 Å². The summed E-state index contributed by atoms with van der Waals surface area (Å²) in [5.41, 5.74) is 0.658. The van der Waals surface area contributed by atoms with Crippen molar-refractivity contribution in [2.24, 2.45) is 0 Å². The number of hydrogen-bond donors (Lipinski definition) is 0. The van der Waals surface area contributed by atoms with E-state index in [2.05, 4.69) is 15.9 Å². The van der Waals surface area contributed by atoms with Crippen LogP contribution in [0.1, 0.15) is 27.5 Å². The molecule has 1 unspecified atom stereocenters. The molecule has 0 N–H and O–H groups in total. The lowest BCUT2D eigenvalue weighted by Gasteiger charge is -2.13. The van der Waals surface area contributed by atoms with Crippen LogP contribution in [0, 0.1) is 25.5 Å². The van der Waals surface area contributed by atoms with Crippen molar-refractivity contribution in [3.8, 4) is 5.75 Å². The summed E-state index contributed by atoms with van der Waals surface area (Å²) >= 11 is 3.33. The van der Waals surface area contributed by atoms with Crippen molar-refractivity contribution >= 4 is 15.9 Å². The van der Waals surface area contributed by atoms with Crippen LogP contribution in [-0.4, -0.2) is 7.11 Å². The monoisotopic (exact) mass is 330 g/mol. The lowest BCUT2D eigenvalue weighted by Crippen LogP contribution is -2.02. The van der Waals surface area contributed by atoms with Gasteiger partial charge in [-0.05, 0) is 19.9 Å². The first-order chi connectivity index (χ1) is 8.93. The van der Waals surface area contributed by atoms with E-state index in [1.807, 2.05) is 0 Å². The fourth-order valence-electron chi connectivity index (χ4n) is 1.98. The Bertz CT molecular complexity index is 584. The number of alkyl halides is 1. The van der Waals surface area contributed by atoms with Crippen molar-refractivity contribution in [2.75, 3.05) is 7.11 Å². The molecule has 0 aliphatic rings. The third-order valence-electron chi connectivity index (χ3n) is 2.89. The van der Waals surface area contributed by atoms with Crippen LogP contribution in [0.4, 0.5) is 8.78 Å². The van der Waals surface area contributed by atoms with Crippen molar-refractivity contribution in [3.63, 3.8) is 0 Å². The van der Waals surface area contributed by atoms with Gasteiger partial charge in [0.1, 0.15) is 28.9 Å². The molecule has 2 aromatic rings. The minimum atomic E-state index is -0.656. The summed E-state index contributed by atoms with van der Waals surface area (Å²) in [6.45, 7) is 3.55. The highest BCUT2D eigenvalue weighted by Gasteiger charge is 2.24. The molecule has 102 valence electrons. The molecule has 1 heterocycles. The molecule has 0 saturated carbocycles. The zero-order chi connectivity index (χ0) is 14.2. The number of rotatable bonds is 3. The summed E-state index contributed by atoms with van der Waals surface area (Å²) in [6, 6.07) is 4.09. The third kappa shape index (κ3) is 2.66. The Kier molecular flexibility index (Phi) is 3.94. The Balaban J connectivity index is 2.50. The summed E-state index contributed by atoms with van der Waals surface area (Å²) in [6.07, 6.45) is 0. The smallest absolute Gasteiger partial charge is 0.134 e. The van der Waals surface area contributed by atoms with Gasteiger partial charge >= 0.3 is 0 Å². The molecule has 0 fully saturated rings. The van der Waals surface area contributed by atoms with Crippen LogP contribution in [0.15, 0.2) is 22.6 Å². The molecule has 0 spiro atoms. The van der Waals surface area contributed by atoms with E-state index in [9.17, 15) is 8.78 Å². The van der Waals surface area contributed by atoms with Gasteiger partial charge in [0.15, 0.2) is 0 Å². The molecule has 0 bridgehead atoms. The highest BCUT2D eigenvalue weighted by atomic mass is 79.9. The van der Waals surface area contributed by atoms with Crippen molar-refractivity contribution < 1.29 is 17.9 Å². The van der Waals surface area contributed by atoms with E-state index in [1.165, 1.54) is 7.11 Å². The minimum absolute atomic E-state index is 0.0512. The third-order valence-corrected chi connectivity index (χ3v) is 3.85. The second-order valence-corrected chi connectivity index (χ2v) is 5.15. The zero-order valence-electron chi connectivity index (χ0n) is 10.8. The number of benzene rings is 1. The second kappa shape index (κ2) is 5.33. The summed E-state index contributed by atoms with van der Waals surface area (Å²) in [7, 11) is 1.36. The summed E-state index contributed by atoms with van der Waals surface area (Å²) < 4.78 is 38.2. The molecule has 5 heteroatoms. The molecule has 1 aromatic heterocycles. The highest BCUT2D eigenvalue weighted by molar-refractivity contribution is 9.09. The quantitative estimate of drug-likeness (QED) is 0.763. The molecule has 1 atom stereocenters.